The lowest BCUT2D eigenvalue weighted by Crippen LogP contribution is -2.23. The van der Waals surface area contributed by atoms with Gasteiger partial charge in [-0.15, -0.1) is 12.3 Å². The number of rotatable bonds is 1. The van der Waals surface area contributed by atoms with Gasteiger partial charge in [0, 0.05) is 5.41 Å². The highest BCUT2D eigenvalue weighted by Crippen LogP contribution is 2.34. The van der Waals surface area contributed by atoms with Crippen molar-refractivity contribution in [1.29, 1.82) is 0 Å². The molecule has 0 radical (unpaired) electrons. The Bertz CT molecular complexity index is 306. The van der Waals surface area contributed by atoms with E-state index >= 15 is 0 Å². The summed E-state index contributed by atoms with van der Waals surface area (Å²) in [5.74, 6) is 3.38. The molecule has 0 saturated carbocycles. The lowest BCUT2D eigenvalue weighted by molar-refractivity contribution is 0.330. The molecule has 3 heteroatoms. The third-order valence-electron chi connectivity index (χ3n) is 2.63. The zero-order valence-electron chi connectivity index (χ0n) is 7.50. The SMILES string of the molecule is C#CC(C)(C)C1CCS(=O)(=O)C1. The zero-order chi connectivity index (χ0) is 9.41. The van der Waals surface area contributed by atoms with Crippen LogP contribution in [-0.2, 0) is 9.84 Å². The Morgan fingerprint density at radius 2 is 2.08 bits per heavy atom. The van der Waals surface area contributed by atoms with Crippen LogP contribution in [0.1, 0.15) is 20.3 Å². The molecule has 1 rings (SSSR count). The fourth-order valence-corrected chi connectivity index (χ4v) is 3.49. The van der Waals surface area contributed by atoms with E-state index in [1.165, 1.54) is 0 Å². The molecule has 0 aromatic carbocycles. The average Bonchev–Trinajstić information content (AvgIpc) is 2.31. The molecule has 1 fully saturated rings. The van der Waals surface area contributed by atoms with Crippen LogP contribution in [-0.4, -0.2) is 19.9 Å². The molecule has 0 aliphatic carbocycles. The number of sulfone groups is 1. The third-order valence-corrected chi connectivity index (χ3v) is 4.39. The van der Waals surface area contributed by atoms with Crippen molar-refractivity contribution in [3.63, 3.8) is 0 Å². The van der Waals surface area contributed by atoms with E-state index in [0.29, 0.717) is 5.75 Å². The Kier molecular flexibility index (Phi) is 2.22. The van der Waals surface area contributed by atoms with Crippen molar-refractivity contribution in [3.05, 3.63) is 0 Å². The fraction of sp³-hybridized carbons (Fsp3) is 0.778. The summed E-state index contributed by atoms with van der Waals surface area (Å²) in [6.07, 6.45) is 6.05. The molecule has 2 nitrogen and oxygen atoms in total. The van der Waals surface area contributed by atoms with Crippen molar-refractivity contribution in [1.82, 2.24) is 0 Å². The smallest absolute Gasteiger partial charge is 0.150 e. The van der Waals surface area contributed by atoms with Crippen LogP contribution < -0.4 is 0 Å². The summed E-state index contributed by atoms with van der Waals surface area (Å²) in [5.41, 5.74) is -0.274. The molecular weight excluding hydrogens is 172 g/mol. The van der Waals surface area contributed by atoms with Gasteiger partial charge in [0.25, 0.3) is 0 Å². The molecule has 0 spiro atoms. The average molecular weight is 186 g/mol. The van der Waals surface area contributed by atoms with Gasteiger partial charge in [0.15, 0.2) is 9.84 Å². The first-order valence-electron chi connectivity index (χ1n) is 4.05. The van der Waals surface area contributed by atoms with E-state index in [1.807, 2.05) is 13.8 Å². The third kappa shape index (κ3) is 1.81. The molecule has 12 heavy (non-hydrogen) atoms. The molecule has 1 aliphatic rings. The van der Waals surface area contributed by atoms with Gasteiger partial charge in [0.1, 0.15) is 0 Å². The maximum Gasteiger partial charge on any atom is 0.150 e. The molecule has 1 aliphatic heterocycles. The van der Waals surface area contributed by atoms with Crippen molar-refractivity contribution < 1.29 is 8.42 Å². The van der Waals surface area contributed by atoms with Gasteiger partial charge in [-0.05, 0) is 26.2 Å². The van der Waals surface area contributed by atoms with Crippen LogP contribution in [0, 0.1) is 23.7 Å². The maximum absolute atomic E-state index is 11.1. The van der Waals surface area contributed by atoms with Gasteiger partial charge >= 0.3 is 0 Å². The first-order chi connectivity index (χ1) is 5.37. The molecule has 1 unspecified atom stereocenters. The lowest BCUT2D eigenvalue weighted by Gasteiger charge is -2.23. The predicted molar refractivity (Wildman–Crippen MR) is 49.4 cm³/mol. The van der Waals surface area contributed by atoms with E-state index in [0.717, 1.165) is 6.42 Å². The zero-order valence-corrected chi connectivity index (χ0v) is 8.32. The molecule has 0 N–H and O–H groups in total. The highest BCUT2D eigenvalue weighted by atomic mass is 32.2. The molecule has 0 aromatic heterocycles. The second-order valence-electron chi connectivity index (χ2n) is 3.97. The molecule has 0 aromatic rings. The van der Waals surface area contributed by atoms with Gasteiger partial charge in [0.05, 0.1) is 11.5 Å². The summed E-state index contributed by atoms with van der Waals surface area (Å²) in [7, 11) is -2.78. The van der Waals surface area contributed by atoms with Crippen LogP contribution in [0.4, 0.5) is 0 Å². The first kappa shape index (κ1) is 9.60. The monoisotopic (exact) mass is 186 g/mol. The quantitative estimate of drug-likeness (QED) is 0.574. The molecular formula is C9H14O2S. The van der Waals surface area contributed by atoms with Gasteiger partial charge in [-0.25, -0.2) is 8.42 Å². The number of terminal acetylenes is 1. The van der Waals surface area contributed by atoms with Gasteiger partial charge in [-0.3, -0.25) is 0 Å². The van der Waals surface area contributed by atoms with Gasteiger partial charge < -0.3 is 0 Å². The fourth-order valence-electron chi connectivity index (χ4n) is 1.48. The van der Waals surface area contributed by atoms with Crippen LogP contribution in [0.5, 0.6) is 0 Å². The number of hydrogen-bond donors (Lipinski definition) is 0. The minimum Gasteiger partial charge on any atom is -0.229 e. The summed E-state index contributed by atoms with van der Waals surface area (Å²) in [4.78, 5) is 0. The second-order valence-corrected chi connectivity index (χ2v) is 6.19. The molecule has 0 bridgehead atoms. The van der Waals surface area contributed by atoms with Crippen LogP contribution in [0.3, 0.4) is 0 Å². The Morgan fingerprint density at radius 3 is 2.42 bits per heavy atom. The van der Waals surface area contributed by atoms with E-state index in [2.05, 4.69) is 5.92 Å². The Morgan fingerprint density at radius 1 is 1.50 bits per heavy atom. The lowest BCUT2D eigenvalue weighted by atomic mass is 9.79. The highest BCUT2D eigenvalue weighted by molar-refractivity contribution is 7.91. The van der Waals surface area contributed by atoms with Gasteiger partial charge in [-0.2, -0.15) is 0 Å². The minimum atomic E-state index is -2.78. The van der Waals surface area contributed by atoms with Crippen molar-refractivity contribution in [2.24, 2.45) is 11.3 Å². The van der Waals surface area contributed by atoms with E-state index in [4.69, 9.17) is 6.42 Å². The van der Waals surface area contributed by atoms with Crippen LogP contribution in [0.15, 0.2) is 0 Å². The second kappa shape index (κ2) is 2.77. The summed E-state index contributed by atoms with van der Waals surface area (Å²) in [6.45, 7) is 3.86. The van der Waals surface area contributed by atoms with Gasteiger partial charge in [0.2, 0.25) is 0 Å². The van der Waals surface area contributed by atoms with Crippen molar-refractivity contribution in [3.8, 4) is 12.3 Å². The van der Waals surface area contributed by atoms with Crippen molar-refractivity contribution in [2.45, 2.75) is 20.3 Å². The normalized spacial score (nSPS) is 28.2. The summed E-state index contributed by atoms with van der Waals surface area (Å²) in [6, 6.07) is 0. The van der Waals surface area contributed by atoms with E-state index < -0.39 is 9.84 Å². The highest BCUT2D eigenvalue weighted by Gasteiger charge is 2.37. The Balaban J connectivity index is 2.79. The number of hydrogen-bond acceptors (Lipinski definition) is 2. The molecule has 0 amide bonds. The van der Waals surface area contributed by atoms with E-state index in [1.54, 1.807) is 0 Å². The topological polar surface area (TPSA) is 34.1 Å². The molecule has 1 heterocycles. The molecule has 1 saturated heterocycles. The predicted octanol–water partition coefficient (Wildman–Crippen LogP) is 1.08. The Labute approximate surface area is 74.3 Å². The van der Waals surface area contributed by atoms with E-state index in [-0.39, 0.29) is 17.1 Å². The van der Waals surface area contributed by atoms with E-state index in [9.17, 15) is 8.42 Å². The Hall–Kier alpha value is -0.490. The standard InChI is InChI=1S/C9H14O2S/c1-4-9(2,3)8-5-6-12(10,11)7-8/h1,8H,5-7H2,2-3H3. The molecule has 68 valence electrons. The van der Waals surface area contributed by atoms with Crippen LogP contribution >= 0.6 is 0 Å². The van der Waals surface area contributed by atoms with Gasteiger partial charge in [-0.1, -0.05) is 0 Å². The van der Waals surface area contributed by atoms with Crippen LogP contribution in [0.2, 0.25) is 0 Å². The summed E-state index contributed by atoms with van der Waals surface area (Å²) < 4.78 is 22.3. The summed E-state index contributed by atoms with van der Waals surface area (Å²) in [5, 5.41) is 0. The largest absolute Gasteiger partial charge is 0.229 e. The summed E-state index contributed by atoms with van der Waals surface area (Å²) >= 11 is 0. The molecule has 1 atom stereocenters. The first-order valence-corrected chi connectivity index (χ1v) is 5.88. The van der Waals surface area contributed by atoms with Crippen molar-refractivity contribution >= 4 is 9.84 Å². The maximum atomic E-state index is 11.1. The van der Waals surface area contributed by atoms with Crippen molar-refractivity contribution in [2.75, 3.05) is 11.5 Å². The minimum absolute atomic E-state index is 0.146. The van der Waals surface area contributed by atoms with Crippen LogP contribution in [0.25, 0.3) is 0 Å².